The SMILES string of the molecule is O=COC(CC1CNC=C(Br)C1)c1ncccc1Cl. The number of aromatic nitrogens is 1. The first-order valence-electron chi connectivity index (χ1n) is 5.98. The van der Waals surface area contributed by atoms with E-state index in [2.05, 4.69) is 26.2 Å². The van der Waals surface area contributed by atoms with E-state index >= 15 is 0 Å². The fourth-order valence-electron chi connectivity index (χ4n) is 2.15. The molecular formula is C13H14BrClN2O2. The predicted octanol–water partition coefficient (Wildman–Crippen LogP) is 3.19. The number of nitrogens with zero attached hydrogens (tertiary/aromatic N) is 1. The number of ether oxygens (including phenoxy) is 1. The Morgan fingerprint density at radius 1 is 1.68 bits per heavy atom. The Morgan fingerprint density at radius 2 is 2.53 bits per heavy atom. The Bertz CT molecular complexity index is 481. The summed E-state index contributed by atoms with van der Waals surface area (Å²) in [7, 11) is 0. The highest BCUT2D eigenvalue weighted by Gasteiger charge is 2.24. The molecule has 0 saturated carbocycles. The van der Waals surface area contributed by atoms with E-state index < -0.39 is 6.10 Å². The third-order valence-corrected chi connectivity index (χ3v) is 3.88. The first-order chi connectivity index (χ1) is 9.20. The second-order valence-corrected chi connectivity index (χ2v) is 5.82. The molecule has 1 aliphatic heterocycles. The molecule has 1 aromatic heterocycles. The smallest absolute Gasteiger partial charge is 0.293 e. The molecule has 0 fully saturated rings. The molecule has 0 spiro atoms. The Hall–Kier alpha value is -1.07. The summed E-state index contributed by atoms with van der Waals surface area (Å²) in [5.41, 5.74) is 0.613. The minimum absolute atomic E-state index is 0.363. The Kier molecular flexibility index (Phi) is 5.22. The number of nitrogens with one attached hydrogen (secondary N) is 1. The minimum Gasteiger partial charge on any atom is -0.458 e. The number of halogens is 2. The van der Waals surface area contributed by atoms with Crippen molar-refractivity contribution in [3.63, 3.8) is 0 Å². The lowest BCUT2D eigenvalue weighted by Crippen LogP contribution is -2.25. The van der Waals surface area contributed by atoms with Gasteiger partial charge >= 0.3 is 0 Å². The van der Waals surface area contributed by atoms with Gasteiger partial charge < -0.3 is 10.1 Å². The number of hydrogen-bond acceptors (Lipinski definition) is 4. The van der Waals surface area contributed by atoms with Crippen LogP contribution in [-0.4, -0.2) is 18.0 Å². The molecule has 1 aliphatic rings. The largest absolute Gasteiger partial charge is 0.458 e. The molecule has 19 heavy (non-hydrogen) atoms. The quantitative estimate of drug-likeness (QED) is 0.833. The minimum atomic E-state index is -0.406. The van der Waals surface area contributed by atoms with Gasteiger partial charge in [-0.1, -0.05) is 27.5 Å². The van der Waals surface area contributed by atoms with Crippen LogP contribution in [0.5, 0.6) is 0 Å². The van der Waals surface area contributed by atoms with Crippen molar-refractivity contribution in [3.8, 4) is 0 Å². The van der Waals surface area contributed by atoms with Crippen molar-refractivity contribution < 1.29 is 9.53 Å². The van der Waals surface area contributed by atoms with Crippen LogP contribution in [0.15, 0.2) is 29.0 Å². The number of carbonyl (C=O) groups excluding carboxylic acids is 1. The van der Waals surface area contributed by atoms with Gasteiger partial charge in [-0.15, -0.1) is 0 Å². The monoisotopic (exact) mass is 344 g/mol. The summed E-state index contributed by atoms with van der Waals surface area (Å²) in [6.45, 7) is 1.30. The van der Waals surface area contributed by atoms with Crippen molar-refractivity contribution in [3.05, 3.63) is 39.7 Å². The number of pyridine rings is 1. The summed E-state index contributed by atoms with van der Waals surface area (Å²) in [6, 6.07) is 3.51. The van der Waals surface area contributed by atoms with Gasteiger partial charge in [0.25, 0.3) is 6.47 Å². The fraction of sp³-hybridized carbons (Fsp3) is 0.385. The highest BCUT2D eigenvalue weighted by molar-refractivity contribution is 9.11. The lowest BCUT2D eigenvalue weighted by molar-refractivity contribution is -0.134. The second kappa shape index (κ2) is 6.91. The molecule has 1 N–H and O–H groups in total. The molecule has 2 atom stereocenters. The molecule has 102 valence electrons. The first kappa shape index (κ1) is 14.3. The highest BCUT2D eigenvalue weighted by atomic mass is 79.9. The van der Waals surface area contributed by atoms with Gasteiger partial charge in [0, 0.05) is 23.4 Å². The summed E-state index contributed by atoms with van der Waals surface area (Å²) < 4.78 is 6.27. The second-order valence-electron chi connectivity index (χ2n) is 4.40. The molecule has 2 heterocycles. The zero-order chi connectivity index (χ0) is 13.7. The topological polar surface area (TPSA) is 51.2 Å². The third kappa shape index (κ3) is 3.94. The number of allylic oxidation sites excluding steroid dienone is 1. The molecule has 0 aliphatic carbocycles. The highest BCUT2D eigenvalue weighted by Crippen LogP contribution is 2.32. The van der Waals surface area contributed by atoms with E-state index in [4.69, 9.17) is 16.3 Å². The van der Waals surface area contributed by atoms with Gasteiger partial charge in [-0.25, -0.2) is 0 Å². The lowest BCUT2D eigenvalue weighted by atomic mass is 9.94. The van der Waals surface area contributed by atoms with Crippen LogP contribution in [0.3, 0.4) is 0 Å². The average molecular weight is 346 g/mol. The summed E-state index contributed by atoms with van der Waals surface area (Å²) in [6.07, 6.45) is 4.79. The molecule has 0 bridgehead atoms. The molecular weight excluding hydrogens is 332 g/mol. The van der Waals surface area contributed by atoms with Crippen LogP contribution in [0.25, 0.3) is 0 Å². The van der Waals surface area contributed by atoms with E-state index in [0.717, 1.165) is 17.4 Å². The molecule has 6 heteroatoms. The molecule has 0 saturated heterocycles. The van der Waals surface area contributed by atoms with Crippen molar-refractivity contribution in [1.82, 2.24) is 10.3 Å². The van der Waals surface area contributed by atoms with Crippen LogP contribution in [0.2, 0.25) is 5.02 Å². The number of hydrogen-bond donors (Lipinski definition) is 1. The predicted molar refractivity (Wildman–Crippen MR) is 76.9 cm³/mol. The van der Waals surface area contributed by atoms with E-state index in [0.29, 0.717) is 29.5 Å². The number of rotatable bonds is 5. The van der Waals surface area contributed by atoms with Gasteiger partial charge in [-0.2, -0.15) is 0 Å². The van der Waals surface area contributed by atoms with E-state index in [1.54, 1.807) is 18.3 Å². The maximum absolute atomic E-state index is 10.7. The normalized spacial score (nSPS) is 20.1. The molecule has 1 aromatic rings. The first-order valence-corrected chi connectivity index (χ1v) is 7.15. The molecule has 2 rings (SSSR count). The van der Waals surface area contributed by atoms with Crippen LogP contribution >= 0.6 is 27.5 Å². The summed E-state index contributed by atoms with van der Waals surface area (Å²) >= 11 is 9.58. The Labute approximate surface area is 125 Å². The zero-order valence-electron chi connectivity index (χ0n) is 10.2. The Balaban J connectivity index is 2.10. The van der Waals surface area contributed by atoms with E-state index in [1.165, 1.54) is 0 Å². The van der Waals surface area contributed by atoms with Crippen LogP contribution in [-0.2, 0) is 9.53 Å². The molecule has 2 unspecified atom stereocenters. The van der Waals surface area contributed by atoms with Gasteiger partial charge in [0.2, 0.25) is 0 Å². The van der Waals surface area contributed by atoms with Gasteiger partial charge in [-0.3, -0.25) is 9.78 Å². The van der Waals surface area contributed by atoms with Crippen molar-refractivity contribution >= 4 is 34.0 Å². The maximum atomic E-state index is 10.7. The summed E-state index contributed by atoms with van der Waals surface area (Å²) in [4.78, 5) is 14.9. The fourth-order valence-corrected chi connectivity index (χ4v) is 3.01. The average Bonchev–Trinajstić information content (AvgIpc) is 2.39. The van der Waals surface area contributed by atoms with Crippen molar-refractivity contribution in [1.29, 1.82) is 0 Å². The standard InChI is InChI=1S/C13H14BrClN2O2/c14-10-4-9(6-16-7-10)5-12(19-8-18)13-11(15)2-1-3-17-13/h1-3,7-9,12,16H,4-6H2. The molecule has 0 amide bonds. The van der Waals surface area contributed by atoms with E-state index in [9.17, 15) is 4.79 Å². The van der Waals surface area contributed by atoms with Crippen molar-refractivity contribution in [2.75, 3.05) is 6.54 Å². The third-order valence-electron chi connectivity index (χ3n) is 3.01. The van der Waals surface area contributed by atoms with Crippen LogP contribution in [0.4, 0.5) is 0 Å². The van der Waals surface area contributed by atoms with Gasteiger partial charge in [-0.05, 0) is 30.9 Å². The van der Waals surface area contributed by atoms with Crippen molar-refractivity contribution in [2.24, 2.45) is 5.92 Å². The molecule has 4 nitrogen and oxygen atoms in total. The van der Waals surface area contributed by atoms with Crippen LogP contribution in [0, 0.1) is 5.92 Å². The van der Waals surface area contributed by atoms with Gasteiger partial charge in [0.15, 0.2) is 0 Å². The Morgan fingerprint density at radius 3 is 3.21 bits per heavy atom. The van der Waals surface area contributed by atoms with E-state index in [-0.39, 0.29) is 0 Å². The zero-order valence-corrected chi connectivity index (χ0v) is 12.5. The summed E-state index contributed by atoms with van der Waals surface area (Å²) in [5, 5.41) is 3.71. The van der Waals surface area contributed by atoms with Gasteiger partial charge in [0.05, 0.1) is 10.7 Å². The summed E-state index contributed by atoms with van der Waals surface area (Å²) in [5.74, 6) is 0.363. The number of carbonyl (C=O) groups is 1. The van der Waals surface area contributed by atoms with Crippen molar-refractivity contribution in [2.45, 2.75) is 18.9 Å². The molecule has 0 radical (unpaired) electrons. The van der Waals surface area contributed by atoms with Crippen LogP contribution in [0.1, 0.15) is 24.6 Å². The van der Waals surface area contributed by atoms with Gasteiger partial charge in [0.1, 0.15) is 6.10 Å². The molecule has 0 aromatic carbocycles. The lowest BCUT2D eigenvalue weighted by Gasteiger charge is -2.25. The van der Waals surface area contributed by atoms with Crippen LogP contribution < -0.4 is 5.32 Å². The van der Waals surface area contributed by atoms with E-state index in [1.807, 2.05) is 6.20 Å². The maximum Gasteiger partial charge on any atom is 0.293 e.